The highest BCUT2D eigenvalue weighted by molar-refractivity contribution is 5.96. The third-order valence-electron chi connectivity index (χ3n) is 5.69. The van der Waals surface area contributed by atoms with Crippen molar-refractivity contribution in [3.8, 4) is 0 Å². The molecule has 0 aliphatic carbocycles. The van der Waals surface area contributed by atoms with Crippen LogP contribution in [0.1, 0.15) is 19.4 Å². The molecule has 0 saturated carbocycles. The molecule has 25 heavy (non-hydrogen) atoms. The van der Waals surface area contributed by atoms with Crippen molar-refractivity contribution in [1.29, 1.82) is 0 Å². The highest BCUT2D eigenvalue weighted by atomic mass is 19.1. The molecule has 2 aliphatic heterocycles. The van der Waals surface area contributed by atoms with Crippen LogP contribution in [-0.4, -0.2) is 53.0 Å². The molecule has 0 saturated heterocycles. The van der Waals surface area contributed by atoms with Crippen molar-refractivity contribution >= 4 is 22.4 Å². The Labute approximate surface area is 147 Å². The number of hydrogen-bond donors (Lipinski definition) is 0. The SMILES string of the molecule is CCN(CC)C(=O)[C@@H]1C=C2c3c(F)ccc4ccn(c34)C[C@H]2N(C)C1. The van der Waals surface area contributed by atoms with E-state index in [1.807, 2.05) is 50.2 Å². The fourth-order valence-electron chi connectivity index (χ4n) is 4.35. The van der Waals surface area contributed by atoms with Gasteiger partial charge < -0.3 is 9.47 Å². The Morgan fingerprint density at radius 3 is 2.72 bits per heavy atom. The Hall–Kier alpha value is -2.14. The van der Waals surface area contributed by atoms with Crippen LogP contribution in [0, 0.1) is 11.7 Å². The van der Waals surface area contributed by atoms with E-state index in [0.717, 1.165) is 23.0 Å². The number of aromatic nitrogens is 1. The number of fused-ring (bicyclic) bond motifs is 2. The van der Waals surface area contributed by atoms with Crippen LogP contribution in [-0.2, 0) is 11.3 Å². The van der Waals surface area contributed by atoms with Crippen molar-refractivity contribution in [2.75, 3.05) is 26.7 Å². The van der Waals surface area contributed by atoms with Gasteiger partial charge in [-0.3, -0.25) is 9.69 Å². The molecule has 1 aromatic heterocycles. The van der Waals surface area contributed by atoms with Gasteiger partial charge in [-0.15, -0.1) is 0 Å². The number of hydrogen-bond acceptors (Lipinski definition) is 2. The summed E-state index contributed by atoms with van der Waals surface area (Å²) in [5.74, 6) is -0.281. The average Bonchev–Trinajstić information content (AvgIpc) is 3.02. The number of carbonyl (C=O) groups excluding carboxylic acids is 1. The summed E-state index contributed by atoms with van der Waals surface area (Å²) >= 11 is 0. The van der Waals surface area contributed by atoms with Crippen LogP contribution in [0.2, 0.25) is 0 Å². The Morgan fingerprint density at radius 1 is 1.24 bits per heavy atom. The largest absolute Gasteiger partial charge is 0.345 e. The van der Waals surface area contributed by atoms with E-state index in [2.05, 4.69) is 9.47 Å². The fourth-order valence-corrected chi connectivity index (χ4v) is 4.35. The number of halogens is 1. The quantitative estimate of drug-likeness (QED) is 0.859. The highest BCUT2D eigenvalue weighted by Gasteiger charge is 2.37. The molecule has 132 valence electrons. The zero-order valence-electron chi connectivity index (χ0n) is 15.0. The molecule has 1 aromatic carbocycles. The van der Waals surface area contributed by atoms with Gasteiger partial charge in [0.25, 0.3) is 0 Å². The molecule has 0 radical (unpaired) electrons. The Bertz CT molecular complexity index is 865. The summed E-state index contributed by atoms with van der Waals surface area (Å²) < 4.78 is 16.9. The second kappa shape index (κ2) is 5.99. The molecule has 2 atom stereocenters. The van der Waals surface area contributed by atoms with Gasteiger partial charge in [0, 0.05) is 43.3 Å². The van der Waals surface area contributed by atoms with Gasteiger partial charge in [-0.2, -0.15) is 0 Å². The third-order valence-corrected chi connectivity index (χ3v) is 5.69. The first kappa shape index (κ1) is 16.3. The van der Waals surface area contributed by atoms with Crippen LogP contribution in [0.15, 0.2) is 30.5 Å². The molecule has 0 spiro atoms. The number of carbonyl (C=O) groups is 1. The fraction of sp³-hybridized carbons (Fsp3) is 0.450. The lowest BCUT2D eigenvalue weighted by molar-refractivity contribution is -0.134. The van der Waals surface area contributed by atoms with E-state index in [0.29, 0.717) is 25.2 Å². The Balaban J connectivity index is 1.85. The number of likely N-dealkylation sites (N-methyl/N-ethyl adjacent to an activating group) is 1. The monoisotopic (exact) mass is 341 g/mol. The first-order chi connectivity index (χ1) is 12.0. The van der Waals surface area contributed by atoms with Gasteiger partial charge in [0.2, 0.25) is 5.91 Å². The van der Waals surface area contributed by atoms with E-state index in [1.165, 1.54) is 0 Å². The molecule has 0 unspecified atom stereocenters. The minimum atomic E-state index is -0.215. The highest BCUT2D eigenvalue weighted by Crippen LogP contribution is 2.40. The summed E-state index contributed by atoms with van der Waals surface area (Å²) in [6.07, 6.45) is 4.06. The smallest absolute Gasteiger partial charge is 0.230 e. The van der Waals surface area contributed by atoms with Crippen LogP contribution in [0.5, 0.6) is 0 Å². The van der Waals surface area contributed by atoms with E-state index in [9.17, 15) is 9.18 Å². The molecular weight excluding hydrogens is 317 g/mol. The van der Waals surface area contributed by atoms with Gasteiger partial charge in [-0.25, -0.2) is 4.39 Å². The van der Waals surface area contributed by atoms with Crippen molar-refractivity contribution in [1.82, 2.24) is 14.4 Å². The standard InChI is InChI=1S/C20H24FN3O/c1-4-23(5-2)20(25)14-10-15-17(22(3)11-14)12-24-9-8-13-6-7-16(21)18(15)19(13)24/h6-10,14,17H,4-5,11-12H2,1-3H3/t14-,17-/m1/s1. The molecule has 0 bridgehead atoms. The normalized spacial score (nSPS) is 22.6. The number of rotatable bonds is 3. The van der Waals surface area contributed by atoms with Crippen LogP contribution in [0.3, 0.4) is 0 Å². The maximum Gasteiger partial charge on any atom is 0.230 e. The number of benzene rings is 1. The van der Waals surface area contributed by atoms with E-state index >= 15 is 0 Å². The molecule has 5 heteroatoms. The van der Waals surface area contributed by atoms with Crippen LogP contribution < -0.4 is 0 Å². The second-order valence-electron chi connectivity index (χ2n) is 7.02. The first-order valence-electron chi connectivity index (χ1n) is 9.03. The molecule has 2 aliphatic rings. The molecule has 1 amide bonds. The van der Waals surface area contributed by atoms with E-state index in [4.69, 9.17) is 0 Å². The Kier molecular flexibility index (Phi) is 3.91. The summed E-state index contributed by atoms with van der Waals surface area (Å²) in [5, 5.41) is 1.05. The summed E-state index contributed by atoms with van der Waals surface area (Å²) in [7, 11) is 2.03. The lowest BCUT2D eigenvalue weighted by Gasteiger charge is -2.41. The predicted octanol–water partition coefficient (Wildman–Crippen LogP) is 2.98. The lowest BCUT2D eigenvalue weighted by atomic mass is 9.85. The van der Waals surface area contributed by atoms with Gasteiger partial charge in [-0.1, -0.05) is 6.08 Å². The molecule has 2 aromatic rings. The second-order valence-corrected chi connectivity index (χ2v) is 7.02. The lowest BCUT2D eigenvalue weighted by Crippen LogP contribution is -2.48. The zero-order valence-corrected chi connectivity index (χ0v) is 15.0. The van der Waals surface area contributed by atoms with Crippen molar-refractivity contribution in [3.63, 3.8) is 0 Å². The topological polar surface area (TPSA) is 28.5 Å². The van der Waals surface area contributed by atoms with E-state index in [-0.39, 0.29) is 23.7 Å². The van der Waals surface area contributed by atoms with E-state index < -0.39 is 0 Å². The molecule has 3 heterocycles. The van der Waals surface area contributed by atoms with Crippen LogP contribution >= 0.6 is 0 Å². The third kappa shape index (κ3) is 2.41. The average molecular weight is 341 g/mol. The number of amides is 1. The van der Waals surface area contributed by atoms with Crippen molar-refractivity contribution in [2.24, 2.45) is 5.92 Å². The number of nitrogens with zero attached hydrogens (tertiary/aromatic N) is 3. The maximum atomic E-state index is 14.8. The molecular formula is C20H24FN3O. The zero-order chi connectivity index (χ0) is 17.7. The van der Waals surface area contributed by atoms with Gasteiger partial charge in [0.15, 0.2) is 0 Å². The first-order valence-corrected chi connectivity index (χ1v) is 9.03. The van der Waals surface area contributed by atoms with Crippen LogP contribution in [0.4, 0.5) is 4.39 Å². The predicted molar refractivity (Wildman–Crippen MR) is 97.7 cm³/mol. The van der Waals surface area contributed by atoms with Crippen molar-refractivity contribution < 1.29 is 9.18 Å². The van der Waals surface area contributed by atoms with Gasteiger partial charge in [0.05, 0.1) is 17.5 Å². The molecule has 0 fully saturated rings. The summed E-state index contributed by atoms with van der Waals surface area (Å²) in [5.41, 5.74) is 2.59. The van der Waals surface area contributed by atoms with E-state index in [1.54, 1.807) is 6.07 Å². The van der Waals surface area contributed by atoms with Gasteiger partial charge >= 0.3 is 0 Å². The minimum Gasteiger partial charge on any atom is -0.345 e. The van der Waals surface area contributed by atoms with Crippen molar-refractivity contribution in [3.05, 3.63) is 41.9 Å². The Morgan fingerprint density at radius 2 is 2.00 bits per heavy atom. The van der Waals surface area contributed by atoms with Gasteiger partial charge in [0.1, 0.15) is 5.82 Å². The molecule has 4 nitrogen and oxygen atoms in total. The summed E-state index contributed by atoms with van der Waals surface area (Å²) in [6, 6.07) is 5.52. The van der Waals surface area contributed by atoms with Gasteiger partial charge in [-0.05, 0) is 44.7 Å². The summed E-state index contributed by atoms with van der Waals surface area (Å²) in [4.78, 5) is 16.9. The maximum absolute atomic E-state index is 14.8. The summed E-state index contributed by atoms with van der Waals surface area (Å²) in [6.45, 7) is 6.88. The van der Waals surface area contributed by atoms with Crippen molar-refractivity contribution in [2.45, 2.75) is 26.4 Å². The molecule has 0 N–H and O–H groups in total. The minimum absolute atomic E-state index is 0.112. The van der Waals surface area contributed by atoms with Crippen LogP contribution in [0.25, 0.3) is 16.5 Å². The molecule has 4 rings (SSSR count).